The fraction of sp³-hybridized carbons (Fsp3) is 0.390. The zero-order valence-electron chi connectivity index (χ0n) is 32.1. The molecule has 0 spiro atoms. The van der Waals surface area contributed by atoms with Gasteiger partial charge >= 0.3 is 6.18 Å². The predicted octanol–water partition coefficient (Wildman–Crippen LogP) is 4.82. The maximum atomic E-state index is 14.5. The quantitative estimate of drug-likeness (QED) is 0.201. The molecule has 3 aromatic carbocycles. The van der Waals surface area contributed by atoms with E-state index < -0.39 is 38.5 Å². The van der Waals surface area contributed by atoms with Crippen molar-refractivity contribution in [3.05, 3.63) is 104 Å². The molecule has 2 N–H and O–H groups in total. The number of aromatic nitrogens is 4. The van der Waals surface area contributed by atoms with Gasteiger partial charge in [-0.3, -0.25) is 19.1 Å². The van der Waals surface area contributed by atoms with Gasteiger partial charge in [-0.15, -0.1) is 5.10 Å². The summed E-state index contributed by atoms with van der Waals surface area (Å²) in [6.45, 7) is 3.51. The van der Waals surface area contributed by atoms with E-state index in [0.717, 1.165) is 17.2 Å². The van der Waals surface area contributed by atoms with Gasteiger partial charge in [-0.25, -0.2) is 8.42 Å². The lowest BCUT2D eigenvalue weighted by molar-refractivity contribution is -0.138. The number of alkyl halides is 3. The molecule has 2 aliphatic heterocycles. The van der Waals surface area contributed by atoms with Crippen molar-refractivity contribution in [3.63, 3.8) is 0 Å². The van der Waals surface area contributed by atoms with Crippen LogP contribution in [0.5, 0.6) is 0 Å². The number of carbonyl (C=O) groups is 2. The van der Waals surface area contributed by atoms with Crippen LogP contribution in [-0.4, -0.2) is 82.3 Å². The van der Waals surface area contributed by atoms with Gasteiger partial charge < -0.3 is 24.4 Å². The number of nitrogens with one attached hydrogen (secondary N) is 2. The Morgan fingerprint density at radius 1 is 0.932 bits per heavy atom. The van der Waals surface area contributed by atoms with Crippen molar-refractivity contribution in [1.29, 1.82) is 0 Å². The van der Waals surface area contributed by atoms with Crippen molar-refractivity contribution in [3.8, 4) is 11.4 Å². The molecule has 4 aliphatic rings. The van der Waals surface area contributed by atoms with Gasteiger partial charge in [0.1, 0.15) is 12.2 Å². The average Bonchev–Trinajstić information content (AvgIpc) is 3.98. The van der Waals surface area contributed by atoms with Crippen molar-refractivity contribution < 1.29 is 35.9 Å². The van der Waals surface area contributed by atoms with Crippen molar-refractivity contribution in [1.82, 2.24) is 24.1 Å². The molecule has 2 aliphatic carbocycles. The highest BCUT2D eigenvalue weighted by atomic mass is 32.2. The first-order valence-corrected chi connectivity index (χ1v) is 21.2. The highest BCUT2D eigenvalue weighted by Crippen LogP contribution is 2.41. The maximum absolute atomic E-state index is 14.5. The van der Waals surface area contributed by atoms with Crippen LogP contribution in [0.3, 0.4) is 0 Å². The molecule has 2 aromatic heterocycles. The van der Waals surface area contributed by atoms with E-state index in [4.69, 9.17) is 9.72 Å². The van der Waals surface area contributed by atoms with Gasteiger partial charge in [0.15, 0.2) is 5.82 Å². The van der Waals surface area contributed by atoms with E-state index in [9.17, 15) is 36.0 Å². The van der Waals surface area contributed by atoms with Crippen LogP contribution in [0.4, 0.5) is 30.2 Å². The first-order valence-electron chi connectivity index (χ1n) is 19.7. The number of ether oxygens (including phenoxy) is 1. The number of nitrogens with zero attached hydrogens (tertiary/aromatic N) is 6. The lowest BCUT2D eigenvalue weighted by Gasteiger charge is -2.37. The van der Waals surface area contributed by atoms with Crippen molar-refractivity contribution in [2.45, 2.75) is 70.0 Å². The van der Waals surface area contributed by atoms with Gasteiger partial charge in [-0.2, -0.15) is 22.7 Å². The van der Waals surface area contributed by atoms with Crippen LogP contribution in [0, 0.1) is 0 Å². The summed E-state index contributed by atoms with van der Waals surface area (Å²) < 4.78 is 77.5. The molecule has 2 amide bonds. The Hall–Kier alpha value is -5.75. The van der Waals surface area contributed by atoms with Crippen LogP contribution in [0.1, 0.15) is 63.6 Å². The minimum Gasteiger partial charge on any atom is -0.376 e. The molecule has 0 unspecified atom stereocenters. The van der Waals surface area contributed by atoms with E-state index in [1.807, 2.05) is 30.0 Å². The zero-order chi connectivity index (χ0) is 41.2. The van der Waals surface area contributed by atoms with E-state index in [1.54, 1.807) is 33.7 Å². The van der Waals surface area contributed by atoms with Crippen LogP contribution < -0.4 is 20.5 Å². The monoisotopic (exact) mass is 830 g/mol. The Bertz CT molecular complexity index is 2700. The molecule has 14 nitrogen and oxygen atoms in total. The van der Waals surface area contributed by atoms with Crippen LogP contribution in [0.25, 0.3) is 17.2 Å². The molecule has 0 radical (unpaired) electrons. The molecule has 0 bridgehead atoms. The standard InChI is InChI=1S/C41H41F3N8O6S/c1-2-34-36(49-16-18-50(19-17-49)38(54)30-5-3-4-6-33(30)48-59(56,57)27-9-10-27)39(55)52-40(46-37(47-52)25-7-8-26-23-58-20-15-24(26)21-25)51(34)22-35(53)45-32-14-13-31(41(42,43)44)28-11-12-29(28)32/h3-8,13-14,21,27,48H,2,9-12,15-20,22-23H2,1H3,(H,45,53). The number of fused-ring (bicyclic) bond motifs is 3. The second-order valence-corrected chi connectivity index (χ2v) is 17.3. The number of anilines is 3. The van der Waals surface area contributed by atoms with Gasteiger partial charge in [-0.1, -0.05) is 31.2 Å². The summed E-state index contributed by atoms with van der Waals surface area (Å²) in [7, 11) is -3.62. The van der Waals surface area contributed by atoms with Gasteiger partial charge in [0.05, 0.1) is 41.0 Å². The Kier molecular flexibility index (Phi) is 9.73. The Balaban J connectivity index is 1.04. The van der Waals surface area contributed by atoms with E-state index in [2.05, 4.69) is 15.1 Å². The molecule has 5 aromatic rings. The third kappa shape index (κ3) is 7.21. The van der Waals surface area contributed by atoms with Crippen molar-refractivity contribution in [2.24, 2.45) is 0 Å². The van der Waals surface area contributed by atoms with Crippen molar-refractivity contribution >= 4 is 44.7 Å². The van der Waals surface area contributed by atoms with Gasteiger partial charge in [0.2, 0.25) is 21.7 Å². The fourth-order valence-electron chi connectivity index (χ4n) is 8.28. The van der Waals surface area contributed by atoms with Crippen LogP contribution in [0.2, 0.25) is 0 Å². The number of halogens is 3. The van der Waals surface area contributed by atoms with Crippen LogP contribution in [-0.2, 0) is 64.6 Å². The van der Waals surface area contributed by atoms with Crippen LogP contribution in [0.15, 0.2) is 59.4 Å². The molecular weight excluding hydrogens is 790 g/mol. The van der Waals surface area contributed by atoms with Gasteiger partial charge in [-0.05, 0) is 91.1 Å². The fourth-order valence-corrected chi connectivity index (χ4v) is 9.69. The molecule has 2 fully saturated rings. The molecule has 308 valence electrons. The smallest absolute Gasteiger partial charge is 0.376 e. The number of amides is 2. The SMILES string of the molecule is CCc1c(N2CCN(C(=O)c3ccccc3NS(=O)(=O)C3CC3)CC2)c(=O)n2nc(-c3ccc4c(c3)CCOC4)nc2n1CC(=O)Nc1ccc(C(F)(F)F)c2c1CC2. The second-order valence-electron chi connectivity index (χ2n) is 15.3. The number of benzene rings is 3. The molecule has 59 heavy (non-hydrogen) atoms. The number of hydrogen-bond donors (Lipinski definition) is 2. The normalized spacial score (nSPS) is 16.7. The van der Waals surface area contributed by atoms with Gasteiger partial charge in [0, 0.05) is 37.4 Å². The first kappa shape index (κ1) is 38.8. The topological polar surface area (TPSA) is 160 Å². The van der Waals surface area contributed by atoms with E-state index in [1.165, 1.54) is 10.6 Å². The average molecular weight is 831 g/mol. The van der Waals surface area contributed by atoms with E-state index in [0.29, 0.717) is 67.8 Å². The van der Waals surface area contributed by atoms with Crippen molar-refractivity contribution in [2.75, 3.05) is 47.7 Å². The summed E-state index contributed by atoms with van der Waals surface area (Å²) >= 11 is 0. The molecule has 9 rings (SSSR count). The lowest BCUT2D eigenvalue weighted by Crippen LogP contribution is -2.51. The molecule has 18 heteroatoms. The van der Waals surface area contributed by atoms with Crippen LogP contribution >= 0.6 is 0 Å². The maximum Gasteiger partial charge on any atom is 0.416 e. The largest absolute Gasteiger partial charge is 0.416 e. The molecule has 4 heterocycles. The number of sulfonamides is 1. The predicted molar refractivity (Wildman–Crippen MR) is 213 cm³/mol. The minimum atomic E-state index is -4.50. The first-order chi connectivity index (χ1) is 28.3. The summed E-state index contributed by atoms with van der Waals surface area (Å²) in [4.78, 5) is 50.5. The summed E-state index contributed by atoms with van der Waals surface area (Å²) in [5, 5.41) is 7.03. The number of rotatable bonds is 10. The Labute approximate surface area is 337 Å². The molecule has 1 saturated carbocycles. The van der Waals surface area contributed by atoms with E-state index >= 15 is 0 Å². The highest BCUT2D eigenvalue weighted by molar-refractivity contribution is 7.93. The third-order valence-corrected chi connectivity index (χ3v) is 13.4. The second kappa shape index (κ2) is 14.8. The summed E-state index contributed by atoms with van der Waals surface area (Å²) in [5.41, 5.74) is 3.82. The third-order valence-electron chi connectivity index (χ3n) is 11.6. The number of carbonyl (C=O) groups excluding carboxylic acids is 2. The van der Waals surface area contributed by atoms with E-state index in [-0.39, 0.29) is 79.2 Å². The number of para-hydroxylation sites is 1. The molecule has 1 saturated heterocycles. The minimum absolute atomic E-state index is 0.126. The zero-order valence-corrected chi connectivity index (χ0v) is 33.0. The highest BCUT2D eigenvalue weighted by Gasteiger charge is 2.38. The number of piperazine rings is 1. The number of hydrogen-bond acceptors (Lipinski definition) is 9. The summed E-state index contributed by atoms with van der Waals surface area (Å²) in [5.74, 6) is -0.466. The summed E-state index contributed by atoms with van der Waals surface area (Å²) in [6.07, 6.45) is -1.68. The Morgan fingerprint density at radius 3 is 2.41 bits per heavy atom. The lowest BCUT2D eigenvalue weighted by atomic mass is 9.83. The summed E-state index contributed by atoms with van der Waals surface area (Å²) in [6, 6.07) is 14.5. The molecular formula is C41H41F3N8O6S. The van der Waals surface area contributed by atoms with Gasteiger partial charge in [0.25, 0.3) is 11.5 Å². The molecule has 0 atom stereocenters. The Morgan fingerprint density at radius 2 is 1.69 bits per heavy atom.